The Hall–Kier alpha value is -2.76. The first-order valence-corrected chi connectivity index (χ1v) is 8.43. The van der Waals surface area contributed by atoms with Crippen molar-refractivity contribution in [2.45, 2.75) is 6.42 Å². The number of hydrogen-bond acceptors (Lipinski definition) is 4. The first kappa shape index (κ1) is 17.1. The Morgan fingerprint density at radius 2 is 2.04 bits per heavy atom. The molecule has 0 bridgehead atoms. The van der Waals surface area contributed by atoms with Gasteiger partial charge >= 0.3 is 0 Å². The average molecular weight is 342 g/mol. The fraction of sp³-hybridized carbons (Fsp3) is 0.316. The third-order valence-corrected chi connectivity index (χ3v) is 4.61. The molecule has 0 aromatic heterocycles. The number of nitrogens with one attached hydrogen (secondary N) is 2. The van der Waals surface area contributed by atoms with Crippen molar-refractivity contribution in [2.75, 3.05) is 42.6 Å². The number of nitrogens with two attached hydrogens (primary N) is 1. The van der Waals surface area contributed by atoms with E-state index in [9.17, 15) is 9.18 Å². The van der Waals surface area contributed by atoms with E-state index in [4.69, 9.17) is 5.73 Å². The molecule has 132 valence electrons. The van der Waals surface area contributed by atoms with Crippen LogP contribution >= 0.6 is 0 Å². The highest BCUT2D eigenvalue weighted by atomic mass is 19.1. The van der Waals surface area contributed by atoms with E-state index in [1.165, 1.54) is 12.1 Å². The second-order valence-electron chi connectivity index (χ2n) is 6.34. The summed E-state index contributed by atoms with van der Waals surface area (Å²) in [5, 5.41) is 5.96. The van der Waals surface area contributed by atoms with Gasteiger partial charge in [0.15, 0.2) is 0 Å². The molecule has 3 rings (SSSR count). The molecule has 1 aliphatic heterocycles. The van der Waals surface area contributed by atoms with Crippen LogP contribution in [0.25, 0.3) is 0 Å². The molecule has 1 atom stereocenters. The van der Waals surface area contributed by atoms with Gasteiger partial charge in [-0.05, 0) is 54.8 Å². The molecule has 1 unspecified atom stereocenters. The molecule has 5 nitrogen and oxygen atoms in total. The van der Waals surface area contributed by atoms with Crippen molar-refractivity contribution in [2.24, 2.45) is 5.92 Å². The van der Waals surface area contributed by atoms with E-state index in [0.717, 1.165) is 30.9 Å². The molecule has 2 aromatic carbocycles. The molecule has 0 saturated carbocycles. The monoisotopic (exact) mass is 342 g/mol. The maximum Gasteiger partial charge on any atom is 0.251 e. The van der Waals surface area contributed by atoms with E-state index in [-0.39, 0.29) is 11.7 Å². The minimum absolute atomic E-state index is 0.116. The van der Waals surface area contributed by atoms with E-state index in [0.29, 0.717) is 23.7 Å². The highest BCUT2D eigenvalue weighted by Crippen LogP contribution is 2.24. The summed E-state index contributed by atoms with van der Waals surface area (Å²) in [6.45, 7) is 2.38. The van der Waals surface area contributed by atoms with Gasteiger partial charge in [0.05, 0.1) is 11.4 Å². The minimum Gasteiger partial charge on any atom is -0.397 e. The number of benzene rings is 2. The van der Waals surface area contributed by atoms with Crippen LogP contribution < -0.4 is 21.3 Å². The van der Waals surface area contributed by atoms with E-state index in [1.54, 1.807) is 37.4 Å². The Morgan fingerprint density at radius 3 is 2.72 bits per heavy atom. The maximum absolute atomic E-state index is 13.0. The van der Waals surface area contributed by atoms with Gasteiger partial charge < -0.3 is 21.3 Å². The molecular weight excluding hydrogens is 319 g/mol. The lowest BCUT2D eigenvalue weighted by Crippen LogP contribution is -2.31. The first-order chi connectivity index (χ1) is 12.1. The normalized spacial score (nSPS) is 16.7. The van der Waals surface area contributed by atoms with Crippen molar-refractivity contribution in [3.63, 3.8) is 0 Å². The van der Waals surface area contributed by atoms with Crippen molar-refractivity contribution < 1.29 is 9.18 Å². The Kier molecular flexibility index (Phi) is 5.07. The number of anilines is 3. The predicted octanol–water partition coefficient (Wildman–Crippen LogP) is 2.71. The van der Waals surface area contributed by atoms with Gasteiger partial charge in [0.25, 0.3) is 5.91 Å². The number of carbonyl (C=O) groups excluding carboxylic acids is 1. The highest BCUT2D eigenvalue weighted by molar-refractivity contribution is 5.96. The van der Waals surface area contributed by atoms with Gasteiger partial charge in [-0.25, -0.2) is 4.39 Å². The van der Waals surface area contributed by atoms with Crippen LogP contribution in [0.4, 0.5) is 21.5 Å². The number of halogens is 1. The lowest BCUT2D eigenvalue weighted by molar-refractivity contribution is 0.0948. The van der Waals surface area contributed by atoms with Crippen molar-refractivity contribution in [1.29, 1.82) is 0 Å². The Bertz CT molecular complexity index is 748. The number of amides is 1. The van der Waals surface area contributed by atoms with Crippen molar-refractivity contribution in [1.82, 2.24) is 5.32 Å². The molecule has 2 aromatic rings. The quantitative estimate of drug-likeness (QED) is 0.731. The zero-order valence-corrected chi connectivity index (χ0v) is 14.3. The Labute approximate surface area is 147 Å². The van der Waals surface area contributed by atoms with Crippen LogP contribution in [0.2, 0.25) is 0 Å². The molecule has 1 aliphatic rings. The largest absolute Gasteiger partial charge is 0.397 e. The number of rotatable bonds is 5. The molecule has 4 N–H and O–H groups in total. The van der Waals surface area contributed by atoms with Gasteiger partial charge in [-0.3, -0.25) is 4.79 Å². The highest BCUT2D eigenvalue weighted by Gasteiger charge is 2.23. The summed E-state index contributed by atoms with van der Waals surface area (Å²) in [5.74, 6) is 0.0350. The van der Waals surface area contributed by atoms with Gasteiger partial charge in [0, 0.05) is 37.9 Å². The van der Waals surface area contributed by atoms with E-state index in [1.807, 2.05) is 0 Å². The zero-order valence-electron chi connectivity index (χ0n) is 14.3. The fourth-order valence-electron chi connectivity index (χ4n) is 3.16. The van der Waals surface area contributed by atoms with Gasteiger partial charge in [0.2, 0.25) is 0 Å². The Balaban J connectivity index is 1.53. The van der Waals surface area contributed by atoms with E-state index < -0.39 is 0 Å². The number of hydrogen-bond donors (Lipinski definition) is 3. The number of nitrogen functional groups attached to an aromatic ring is 1. The van der Waals surface area contributed by atoms with E-state index in [2.05, 4.69) is 15.5 Å². The molecule has 1 fully saturated rings. The predicted molar refractivity (Wildman–Crippen MR) is 99.5 cm³/mol. The van der Waals surface area contributed by atoms with Crippen LogP contribution in [0.3, 0.4) is 0 Å². The van der Waals surface area contributed by atoms with Gasteiger partial charge in [-0.15, -0.1) is 0 Å². The van der Waals surface area contributed by atoms with Crippen LogP contribution in [0.1, 0.15) is 16.8 Å². The summed E-state index contributed by atoms with van der Waals surface area (Å²) in [4.78, 5) is 14.5. The van der Waals surface area contributed by atoms with Crippen LogP contribution in [-0.2, 0) is 0 Å². The lowest BCUT2D eigenvalue weighted by Gasteiger charge is -2.19. The Morgan fingerprint density at radius 1 is 1.28 bits per heavy atom. The molecule has 0 aliphatic carbocycles. The standard InChI is InChI=1S/C19H23FN4O/c1-22-18-7-2-14(10-17(18)21)19(25)23-11-13-8-9-24(12-13)16-5-3-15(20)4-6-16/h2-7,10,13,22H,8-9,11-12,21H2,1H3,(H,23,25). The van der Waals surface area contributed by atoms with Gasteiger partial charge in [0.1, 0.15) is 5.82 Å². The second-order valence-corrected chi connectivity index (χ2v) is 6.34. The third kappa shape index (κ3) is 4.02. The topological polar surface area (TPSA) is 70.4 Å². The van der Waals surface area contributed by atoms with Crippen LogP contribution in [-0.4, -0.2) is 32.6 Å². The third-order valence-electron chi connectivity index (χ3n) is 4.61. The first-order valence-electron chi connectivity index (χ1n) is 8.43. The fourth-order valence-corrected chi connectivity index (χ4v) is 3.16. The number of nitrogens with zero attached hydrogens (tertiary/aromatic N) is 1. The molecule has 1 saturated heterocycles. The minimum atomic E-state index is -0.227. The van der Waals surface area contributed by atoms with Crippen LogP contribution in [0.5, 0.6) is 0 Å². The summed E-state index contributed by atoms with van der Waals surface area (Å²) >= 11 is 0. The second kappa shape index (κ2) is 7.42. The molecule has 0 radical (unpaired) electrons. The molecule has 25 heavy (non-hydrogen) atoms. The van der Waals surface area contributed by atoms with Crippen molar-refractivity contribution in [3.8, 4) is 0 Å². The average Bonchev–Trinajstić information content (AvgIpc) is 3.09. The summed E-state index contributed by atoms with van der Waals surface area (Å²) in [6, 6.07) is 11.8. The number of carbonyl (C=O) groups is 1. The molecular formula is C19H23FN4O. The molecule has 1 amide bonds. The smallest absolute Gasteiger partial charge is 0.251 e. The summed E-state index contributed by atoms with van der Waals surface area (Å²) in [7, 11) is 1.79. The van der Waals surface area contributed by atoms with Crippen molar-refractivity contribution in [3.05, 3.63) is 53.8 Å². The molecule has 1 heterocycles. The SMILES string of the molecule is CNc1ccc(C(=O)NCC2CCN(c3ccc(F)cc3)C2)cc1N. The van der Waals surface area contributed by atoms with Crippen LogP contribution in [0.15, 0.2) is 42.5 Å². The maximum atomic E-state index is 13.0. The molecule has 0 spiro atoms. The lowest BCUT2D eigenvalue weighted by atomic mass is 10.1. The summed E-state index contributed by atoms with van der Waals surface area (Å²) in [5.41, 5.74) is 8.85. The van der Waals surface area contributed by atoms with E-state index >= 15 is 0 Å². The summed E-state index contributed by atoms with van der Waals surface area (Å²) < 4.78 is 13.0. The van der Waals surface area contributed by atoms with Gasteiger partial charge in [-0.1, -0.05) is 0 Å². The van der Waals surface area contributed by atoms with Crippen LogP contribution in [0, 0.1) is 11.7 Å². The summed E-state index contributed by atoms with van der Waals surface area (Å²) in [6.07, 6.45) is 0.998. The zero-order chi connectivity index (χ0) is 17.8. The molecule has 6 heteroatoms. The van der Waals surface area contributed by atoms with Gasteiger partial charge in [-0.2, -0.15) is 0 Å². The van der Waals surface area contributed by atoms with Crippen molar-refractivity contribution >= 4 is 23.0 Å².